The molecule has 1 atom stereocenters. The van der Waals surface area contributed by atoms with Crippen LogP contribution in [0.15, 0.2) is 60.9 Å². The Hall–Kier alpha value is -3.68. The topological polar surface area (TPSA) is 85.2 Å². The summed E-state index contributed by atoms with van der Waals surface area (Å²) in [5.74, 6) is -0.331. The summed E-state index contributed by atoms with van der Waals surface area (Å²) in [5, 5.41) is 5.40. The van der Waals surface area contributed by atoms with E-state index in [4.69, 9.17) is 4.74 Å². The van der Waals surface area contributed by atoms with Gasteiger partial charge in [-0.1, -0.05) is 18.2 Å². The standard InChI is InChI=1S/C21H21FN4O3/c1-3-29-21(28)24-15-10-8-14(9-11-15)20(27)25-18(19-23-12-13-26(19)2)16-6-4-5-7-17(16)22/h4-13,18H,3H2,1-2H3,(H,24,28)(H,25,27). The highest BCUT2D eigenvalue weighted by Gasteiger charge is 2.24. The third-order valence-corrected chi connectivity index (χ3v) is 4.28. The lowest BCUT2D eigenvalue weighted by Crippen LogP contribution is -2.31. The van der Waals surface area contributed by atoms with Gasteiger partial charge in [0, 0.05) is 36.3 Å². The average Bonchev–Trinajstić information content (AvgIpc) is 3.13. The Kier molecular flexibility index (Phi) is 6.23. The smallest absolute Gasteiger partial charge is 0.411 e. The number of hydrogen-bond acceptors (Lipinski definition) is 4. The first-order chi connectivity index (χ1) is 14.0. The van der Waals surface area contributed by atoms with Crippen LogP contribution in [0.2, 0.25) is 0 Å². The number of carbonyl (C=O) groups excluding carboxylic acids is 2. The van der Waals surface area contributed by atoms with E-state index in [0.29, 0.717) is 22.6 Å². The lowest BCUT2D eigenvalue weighted by molar-refractivity contribution is 0.0940. The summed E-state index contributed by atoms with van der Waals surface area (Å²) in [6.45, 7) is 1.97. The molecule has 0 aliphatic heterocycles. The Balaban J connectivity index is 1.81. The molecular formula is C21H21FN4O3. The van der Waals surface area contributed by atoms with Crippen LogP contribution in [-0.2, 0) is 11.8 Å². The number of nitrogens with zero attached hydrogens (tertiary/aromatic N) is 2. The maximum atomic E-state index is 14.4. The van der Waals surface area contributed by atoms with Crippen LogP contribution < -0.4 is 10.6 Å². The SMILES string of the molecule is CCOC(=O)Nc1ccc(C(=O)NC(c2ccccc2F)c2nccn2C)cc1. The molecule has 2 aromatic carbocycles. The fourth-order valence-corrected chi connectivity index (χ4v) is 2.85. The van der Waals surface area contributed by atoms with Gasteiger partial charge in [0.2, 0.25) is 0 Å². The third-order valence-electron chi connectivity index (χ3n) is 4.28. The van der Waals surface area contributed by atoms with Gasteiger partial charge in [-0.15, -0.1) is 0 Å². The first-order valence-electron chi connectivity index (χ1n) is 9.06. The number of aryl methyl sites for hydroxylation is 1. The summed E-state index contributed by atoms with van der Waals surface area (Å²) < 4.78 is 21.0. The number of hydrogen-bond donors (Lipinski definition) is 2. The van der Waals surface area contributed by atoms with Gasteiger partial charge in [-0.3, -0.25) is 10.1 Å². The maximum absolute atomic E-state index is 14.4. The number of imidazole rings is 1. The molecule has 8 heteroatoms. The molecule has 0 aliphatic rings. The Bertz CT molecular complexity index is 1000. The van der Waals surface area contributed by atoms with Gasteiger partial charge in [-0.2, -0.15) is 0 Å². The van der Waals surface area contributed by atoms with Crippen LogP contribution in [0.25, 0.3) is 0 Å². The lowest BCUT2D eigenvalue weighted by Gasteiger charge is -2.20. The van der Waals surface area contributed by atoms with Gasteiger partial charge in [0.25, 0.3) is 5.91 Å². The fraction of sp³-hybridized carbons (Fsp3) is 0.190. The van der Waals surface area contributed by atoms with E-state index in [1.807, 2.05) is 0 Å². The van der Waals surface area contributed by atoms with Crippen LogP contribution >= 0.6 is 0 Å². The molecule has 0 saturated heterocycles. The number of anilines is 1. The van der Waals surface area contributed by atoms with Gasteiger partial charge in [0.15, 0.2) is 0 Å². The highest BCUT2D eigenvalue weighted by molar-refractivity contribution is 5.95. The van der Waals surface area contributed by atoms with Gasteiger partial charge < -0.3 is 14.6 Å². The number of nitrogens with one attached hydrogen (secondary N) is 2. The van der Waals surface area contributed by atoms with Crippen molar-refractivity contribution >= 4 is 17.7 Å². The van der Waals surface area contributed by atoms with Crippen molar-refractivity contribution in [2.45, 2.75) is 13.0 Å². The minimum atomic E-state index is -0.763. The first kappa shape index (κ1) is 20.1. The monoisotopic (exact) mass is 396 g/mol. The zero-order valence-electron chi connectivity index (χ0n) is 16.1. The molecule has 1 heterocycles. The molecule has 0 spiro atoms. The number of halogens is 1. The predicted molar refractivity (Wildman–Crippen MR) is 106 cm³/mol. The molecule has 29 heavy (non-hydrogen) atoms. The molecule has 0 aliphatic carbocycles. The Morgan fingerprint density at radius 3 is 2.52 bits per heavy atom. The zero-order valence-corrected chi connectivity index (χ0v) is 16.1. The summed E-state index contributed by atoms with van der Waals surface area (Å²) in [4.78, 5) is 28.5. The molecule has 1 aromatic heterocycles. The van der Waals surface area contributed by atoms with Crippen LogP contribution in [0, 0.1) is 5.82 Å². The number of carbonyl (C=O) groups is 2. The molecular weight excluding hydrogens is 375 g/mol. The molecule has 3 aromatic rings. The third kappa shape index (κ3) is 4.78. The minimum Gasteiger partial charge on any atom is -0.450 e. The molecule has 2 amide bonds. The van der Waals surface area contributed by atoms with Crippen molar-refractivity contribution < 1.29 is 18.7 Å². The van der Waals surface area contributed by atoms with Crippen molar-refractivity contribution in [1.29, 1.82) is 0 Å². The van der Waals surface area contributed by atoms with E-state index in [1.165, 1.54) is 6.07 Å². The second kappa shape index (κ2) is 9.01. The van der Waals surface area contributed by atoms with Gasteiger partial charge in [-0.25, -0.2) is 14.2 Å². The summed E-state index contributed by atoms with van der Waals surface area (Å²) in [7, 11) is 1.78. The van der Waals surface area contributed by atoms with Crippen molar-refractivity contribution in [3.05, 3.63) is 83.7 Å². The van der Waals surface area contributed by atoms with E-state index in [9.17, 15) is 14.0 Å². The van der Waals surface area contributed by atoms with Crippen molar-refractivity contribution in [3.63, 3.8) is 0 Å². The van der Waals surface area contributed by atoms with Gasteiger partial charge in [0.05, 0.1) is 6.61 Å². The van der Waals surface area contributed by atoms with E-state index >= 15 is 0 Å². The summed E-state index contributed by atoms with van der Waals surface area (Å²) >= 11 is 0. The van der Waals surface area contributed by atoms with Gasteiger partial charge >= 0.3 is 6.09 Å². The number of aromatic nitrogens is 2. The molecule has 0 bridgehead atoms. The zero-order chi connectivity index (χ0) is 20.8. The summed E-state index contributed by atoms with van der Waals surface area (Å²) in [6, 6.07) is 11.8. The number of amides is 2. The second-order valence-electron chi connectivity index (χ2n) is 6.25. The van der Waals surface area contributed by atoms with E-state index < -0.39 is 23.9 Å². The molecule has 2 N–H and O–H groups in total. The van der Waals surface area contributed by atoms with Crippen LogP contribution in [0.1, 0.15) is 34.7 Å². The Morgan fingerprint density at radius 2 is 1.90 bits per heavy atom. The number of benzene rings is 2. The van der Waals surface area contributed by atoms with Crippen molar-refractivity contribution in [1.82, 2.24) is 14.9 Å². The Labute approximate surface area is 167 Å². The number of rotatable bonds is 6. The van der Waals surface area contributed by atoms with Crippen LogP contribution in [0.4, 0.5) is 14.9 Å². The predicted octanol–water partition coefficient (Wildman–Crippen LogP) is 3.65. The summed E-state index contributed by atoms with van der Waals surface area (Å²) in [5.41, 5.74) is 1.17. The first-order valence-corrected chi connectivity index (χ1v) is 9.06. The van der Waals surface area contributed by atoms with Crippen LogP contribution in [0.3, 0.4) is 0 Å². The quantitative estimate of drug-likeness (QED) is 0.666. The molecule has 0 fully saturated rings. The molecule has 0 saturated carbocycles. The second-order valence-corrected chi connectivity index (χ2v) is 6.25. The maximum Gasteiger partial charge on any atom is 0.411 e. The van der Waals surface area contributed by atoms with Gasteiger partial charge in [0.1, 0.15) is 17.7 Å². The molecule has 7 nitrogen and oxygen atoms in total. The lowest BCUT2D eigenvalue weighted by atomic mass is 10.0. The fourth-order valence-electron chi connectivity index (χ4n) is 2.85. The highest BCUT2D eigenvalue weighted by atomic mass is 19.1. The Morgan fingerprint density at radius 1 is 1.17 bits per heavy atom. The van der Waals surface area contributed by atoms with Crippen molar-refractivity contribution in [3.8, 4) is 0 Å². The van der Waals surface area contributed by atoms with E-state index in [0.717, 1.165) is 0 Å². The van der Waals surface area contributed by atoms with Crippen molar-refractivity contribution in [2.24, 2.45) is 7.05 Å². The van der Waals surface area contributed by atoms with Crippen LogP contribution in [-0.4, -0.2) is 28.2 Å². The van der Waals surface area contributed by atoms with E-state index in [2.05, 4.69) is 15.6 Å². The summed E-state index contributed by atoms with van der Waals surface area (Å²) in [6.07, 6.45) is 2.75. The normalized spacial score (nSPS) is 11.6. The highest BCUT2D eigenvalue weighted by Crippen LogP contribution is 2.23. The molecule has 1 unspecified atom stereocenters. The molecule has 0 radical (unpaired) electrons. The van der Waals surface area contributed by atoms with Gasteiger partial charge in [-0.05, 0) is 37.3 Å². The molecule has 3 rings (SSSR count). The van der Waals surface area contributed by atoms with Crippen LogP contribution in [0.5, 0.6) is 0 Å². The van der Waals surface area contributed by atoms with Crippen molar-refractivity contribution in [2.75, 3.05) is 11.9 Å². The number of ether oxygens (including phenoxy) is 1. The van der Waals surface area contributed by atoms with E-state index in [-0.39, 0.29) is 6.61 Å². The average molecular weight is 396 g/mol. The largest absolute Gasteiger partial charge is 0.450 e. The van der Waals surface area contributed by atoms with E-state index in [1.54, 1.807) is 73.4 Å². The minimum absolute atomic E-state index is 0.261. The molecule has 150 valence electrons.